The van der Waals surface area contributed by atoms with E-state index >= 15 is 0 Å². The molecular weight excluding hydrogens is 246 g/mol. The molecule has 0 bridgehead atoms. The number of hydrogen-bond donors (Lipinski definition) is 1. The van der Waals surface area contributed by atoms with Crippen molar-refractivity contribution in [2.45, 2.75) is 32.2 Å². The molecule has 100 valence electrons. The summed E-state index contributed by atoms with van der Waals surface area (Å²) in [6.07, 6.45) is 0.411. The van der Waals surface area contributed by atoms with Gasteiger partial charge in [0.15, 0.2) is 0 Å². The largest absolute Gasteiger partial charge is 0.481 e. The van der Waals surface area contributed by atoms with Crippen LogP contribution in [0.1, 0.15) is 35.7 Å². The van der Waals surface area contributed by atoms with E-state index in [0.717, 1.165) is 5.56 Å². The van der Waals surface area contributed by atoms with E-state index < -0.39 is 12.0 Å². The maximum Gasteiger partial charge on any atom is 0.303 e. The predicted octanol–water partition coefficient (Wildman–Crippen LogP) is 1.46. The Morgan fingerprint density at radius 3 is 2.74 bits per heavy atom. The Bertz CT molecular complexity index is 538. The summed E-state index contributed by atoms with van der Waals surface area (Å²) in [4.78, 5) is 36.0. The van der Waals surface area contributed by atoms with Crippen LogP contribution in [-0.2, 0) is 16.0 Å². The molecule has 0 aromatic heterocycles. The summed E-state index contributed by atoms with van der Waals surface area (Å²) < 4.78 is 0. The molecule has 0 aliphatic carbocycles. The SMILES string of the molecule is CC(CCC(=O)O)N1C(=O)Cc2ccccc2C1=O. The summed E-state index contributed by atoms with van der Waals surface area (Å²) in [5.74, 6) is -1.52. The molecule has 0 spiro atoms. The Kier molecular flexibility index (Phi) is 3.64. The van der Waals surface area contributed by atoms with Gasteiger partial charge in [0, 0.05) is 18.0 Å². The van der Waals surface area contributed by atoms with Gasteiger partial charge in [0.1, 0.15) is 0 Å². The zero-order chi connectivity index (χ0) is 14.0. The fourth-order valence-corrected chi connectivity index (χ4v) is 2.28. The molecule has 1 heterocycles. The molecule has 0 radical (unpaired) electrons. The molecule has 0 fully saturated rings. The van der Waals surface area contributed by atoms with E-state index in [9.17, 15) is 14.4 Å². The Morgan fingerprint density at radius 2 is 2.05 bits per heavy atom. The summed E-state index contributed by atoms with van der Waals surface area (Å²) in [5, 5.41) is 8.66. The van der Waals surface area contributed by atoms with Crippen LogP contribution in [0.15, 0.2) is 24.3 Å². The highest BCUT2D eigenvalue weighted by Gasteiger charge is 2.33. The van der Waals surface area contributed by atoms with Gasteiger partial charge in [-0.05, 0) is 25.0 Å². The normalized spacial score (nSPS) is 16.2. The van der Waals surface area contributed by atoms with E-state index in [1.165, 1.54) is 4.90 Å². The second-order valence-electron chi connectivity index (χ2n) is 4.68. The number of rotatable bonds is 4. The van der Waals surface area contributed by atoms with Crippen LogP contribution in [-0.4, -0.2) is 33.8 Å². The Balaban J connectivity index is 2.21. The monoisotopic (exact) mass is 261 g/mol. The molecule has 19 heavy (non-hydrogen) atoms. The number of carbonyl (C=O) groups is 3. The standard InChI is InChI=1S/C14H15NO4/c1-9(6-7-13(17)18)15-12(16)8-10-4-2-3-5-11(10)14(15)19/h2-5,9H,6-8H2,1H3,(H,17,18). The molecule has 0 saturated carbocycles. The molecule has 2 rings (SSSR count). The van der Waals surface area contributed by atoms with E-state index in [1.807, 2.05) is 0 Å². The first-order chi connectivity index (χ1) is 9.00. The highest BCUT2D eigenvalue weighted by atomic mass is 16.4. The minimum absolute atomic E-state index is 0.0557. The first-order valence-electron chi connectivity index (χ1n) is 6.17. The molecule has 5 heteroatoms. The molecule has 1 atom stereocenters. The number of imide groups is 1. The molecule has 1 aromatic rings. The van der Waals surface area contributed by atoms with Crippen molar-refractivity contribution in [3.05, 3.63) is 35.4 Å². The average molecular weight is 261 g/mol. The van der Waals surface area contributed by atoms with Crippen LogP contribution >= 0.6 is 0 Å². The number of amides is 2. The highest BCUT2D eigenvalue weighted by molar-refractivity contribution is 6.09. The molecule has 1 aliphatic rings. The van der Waals surface area contributed by atoms with Crippen molar-refractivity contribution < 1.29 is 19.5 Å². The van der Waals surface area contributed by atoms with Gasteiger partial charge >= 0.3 is 5.97 Å². The summed E-state index contributed by atoms with van der Waals surface area (Å²) >= 11 is 0. The number of hydrogen-bond acceptors (Lipinski definition) is 3. The average Bonchev–Trinajstić information content (AvgIpc) is 2.36. The summed E-state index contributed by atoms with van der Waals surface area (Å²) in [5.41, 5.74) is 1.27. The first-order valence-corrected chi connectivity index (χ1v) is 6.17. The number of carbonyl (C=O) groups excluding carboxylic acids is 2. The Morgan fingerprint density at radius 1 is 1.37 bits per heavy atom. The second kappa shape index (κ2) is 5.22. The number of nitrogens with zero attached hydrogens (tertiary/aromatic N) is 1. The molecule has 0 saturated heterocycles. The van der Waals surface area contributed by atoms with Crippen molar-refractivity contribution in [2.24, 2.45) is 0 Å². The van der Waals surface area contributed by atoms with E-state index in [2.05, 4.69) is 0 Å². The van der Waals surface area contributed by atoms with Crippen molar-refractivity contribution in [2.75, 3.05) is 0 Å². The number of aliphatic carboxylic acids is 1. The molecule has 1 N–H and O–H groups in total. The molecule has 5 nitrogen and oxygen atoms in total. The number of fused-ring (bicyclic) bond motifs is 1. The quantitative estimate of drug-likeness (QED) is 0.833. The zero-order valence-corrected chi connectivity index (χ0v) is 10.6. The molecule has 1 aromatic carbocycles. The molecule has 1 unspecified atom stereocenters. The van der Waals surface area contributed by atoms with Crippen LogP contribution in [0.3, 0.4) is 0 Å². The fraction of sp³-hybridized carbons (Fsp3) is 0.357. The van der Waals surface area contributed by atoms with Gasteiger partial charge < -0.3 is 5.11 Å². The van der Waals surface area contributed by atoms with Gasteiger partial charge in [-0.2, -0.15) is 0 Å². The predicted molar refractivity (Wildman–Crippen MR) is 67.7 cm³/mol. The van der Waals surface area contributed by atoms with Gasteiger partial charge in [-0.15, -0.1) is 0 Å². The lowest BCUT2D eigenvalue weighted by Gasteiger charge is -2.31. The lowest BCUT2D eigenvalue weighted by atomic mass is 9.96. The highest BCUT2D eigenvalue weighted by Crippen LogP contribution is 2.22. The Hall–Kier alpha value is -2.17. The van der Waals surface area contributed by atoms with Gasteiger partial charge in [-0.1, -0.05) is 18.2 Å². The minimum atomic E-state index is -0.927. The summed E-state index contributed by atoms with van der Waals surface area (Å²) in [6.45, 7) is 1.70. The first kappa shape index (κ1) is 13.3. The van der Waals surface area contributed by atoms with E-state index in [4.69, 9.17) is 5.11 Å². The van der Waals surface area contributed by atoms with Crippen LogP contribution in [0, 0.1) is 0 Å². The molecule has 1 aliphatic heterocycles. The zero-order valence-electron chi connectivity index (χ0n) is 10.6. The van der Waals surface area contributed by atoms with E-state index in [1.54, 1.807) is 31.2 Å². The lowest BCUT2D eigenvalue weighted by Crippen LogP contribution is -2.47. The van der Waals surface area contributed by atoms with Crippen LogP contribution in [0.4, 0.5) is 0 Å². The molecule has 2 amide bonds. The van der Waals surface area contributed by atoms with Crippen LogP contribution in [0.2, 0.25) is 0 Å². The number of benzene rings is 1. The van der Waals surface area contributed by atoms with E-state index in [-0.39, 0.29) is 31.1 Å². The third-order valence-corrected chi connectivity index (χ3v) is 3.29. The van der Waals surface area contributed by atoms with Crippen molar-refractivity contribution in [1.82, 2.24) is 4.90 Å². The smallest absolute Gasteiger partial charge is 0.303 e. The summed E-state index contributed by atoms with van der Waals surface area (Å²) in [6, 6.07) is 6.62. The van der Waals surface area contributed by atoms with Crippen LogP contribution in [0.25, 0.3) is 0 Å². The fourth-order valence-electron chi connectivity index (χ4n) is 2.28. The number of carboxylic acids is 1. The topological polar surface area (TPSA) is 74.7 Å². The minimum Gasteiger partial charge on any atom is -0.481 e. The van der Waals surface area contributed by atoms with Gasteiger partial charge in [0.25, 0.3) is 5.91 Å². The van der Waals surface area contributed by atoms with Gasteiger partial charge in [0.05, 0.1) is 6.42 Å². The van der Waals surface area contributed by atoms with Crippen molar-refractivity contribution in [3.63, 3.8) is 0 Å². The third kappa shape index (κ3) is 2.65. The van der Waals surface area contributed by atoms with Crippen LogP contribution < -0.4 is 0 Å². The van der Waals surface area contributed by atoms with Crippen molar-refractivity contribution >= 4 is 17.8 Å². The van der Waals surface area contributed by atoms with Crippen molar-refractivity contribution in [3.8, 4) is 0 Å². The van der Waals surface area contributed by atoms with Crippen molar-refractivity contribution in [1.29, 1.82) is 0 Å². The lowest BCUT2D eigenvalue weighted by molar-refractivity contribution is -0.138. The third-order valence-electron chi connectivity index (χ3n) is 3.29. The van der Waals surface area contributed by atoms with Gasteiger partial charge in [0.2, 0.25) is 5.91 Å². The molecular formula is C14H15NO4. The van der Waals surface area contributed by atoms with Crippen LogP contribution in [0.5, 0.6) is 0 Å². The second-order valence-corrected chi connectivity index (χ2v) is 4.68. The number of carboxylic acid groups (broad SMARTS) is 1. The van der Waals surface area contributed by atoms with E-state index in [0.29, 0.717) is 5.56 Å². The van der Waals surface area contributed by atoms with Gasteiger partial charge in [-0.25, -0.2) is 0 Å². The van der Waals surface area contributed by atoms with Gasteiger partial charge in [-0.3, -0.25) is 19.3 Å². The Labute approximate surface area is 110 Å². The maximum absolute atomic E-state index is 12.3. The summed E-state index contributed by atoms with van der Waals surface area (Å²) in [7, 11) is 0. The maximum atomic E-state index is 12.3.